The van der Waals surface area contributed by atoms with E-state index in [2.05, 4.69) is 52.5 Å². The Morgan fingerprint density at radius 1 is 0.964 bits per heavy atom. The molecule has 1 aliphatic carbocycles. The van der Waals surface area contributed by atoms with Crippen LogP contribution in [0.5, 0.6) is 5.75 Å². The predicted octanol–water partition coefficient (Wildman–Crippen LogP) is 5.02. The van der Waals surface area contributed by atoms with Crippen LogP contribution in [0, 0.1) is 6.92 Å². The molecule has 0 atom stereocenters. The number of ether oxygens (including phenoxy) is 1. The van der Waals surface area contributed by atoms with Gasteiger partial charge in [-0.1, -0.05) is 55.3 Å². The third kappa shape index (κ3) is 3.65. The van der Waals surface area contributed by atoms with Crippen molar-refractivity contribution in [1.82, 2.24) is 15.3 Å². The zero-order valence-electron chi connectivity index (χ0n) is 16.6. The summed E-state index contributed by atoms with van der Waals surface area (Å²) in [6, 6.07) is 16.6. The summed E-state index contributed by atoms with van der Waals surface area (Å²) in [5.41, 5.74) is 4.59. The van der Waals surface area contributed by atoms with Crippen molar-refractivity contribution in [2.45, 2.75) is 44.7 Å². The normalized spacial score (nSPS) is 15.5. The molecule has 0 radical (unpaired) electrons. The molecule has 1 aliphatic rings. The minimum absolute atomic E-state index is 0.0404. The summed E-state index contributed by atoms with van der Waals surface area (Å²) in [6.07, 6.45) is 8.58. The van der Waals surface area contributed by atoms with Crippen LogP contribution in [0.1, 0.15) is 42.4 Å². The van der Waals surface area contributed by atoms with Gasteiger partial charge in [0.15, 0.2) is 5.82 Å². The van der Waals surface area contributed by atoms with Crippen molar-refractivity contribution in [3.8, 4) is 17.1 Å². The highest BCUT2D eigenvalue weighted by Gasteiger charge is 2.37. The minimum Gasteiger partial charge on any atom is -0.496 e. The number of nitrogens with zero attached hydrogens (tertiary/aromatic N) is 2. The number of benzene rings is 2. The zero-order valence-corrected chi connectivity index (χ0v) is 16.6. The minimum atomic E-state index is -0.0404. The summed E-state index contributed by atoms with van der Waals surface area (Å²) in [7, 11) is 1.75. The maximum absolute atomic E-state index is 5.65. The van der Waals surface area contributed by atoms with Gasteiger partial charge in [-0.25, -0.2) is 9.97 Å². The number of rotatable bonds is 6. The number of hydrogen-bond donors (Lipinski definition) is 1. The molecule has 4 nitrogen and oxygen atoms in total. The lowest BCUT2D eigenvalue weighted by Crippen LogP contribution is -2.39. The second-order valence-electron chi connectivity index (χ2n) is 7.57. The van der Waals surface area contributed by atoms with E-state index < -0.39 is 0 Å². The predicted molar refractivity (Wildman–Crippen MR) is 112 cm³/mol. The lowest BCUT2D eigenvalue weighted by molar-refractivity contribution is 0.316. The van der Waals surface area contributed by atoms with Gasteiger partial charge in [-0.15, -0.1) is 0 Å². The molecule has 0 spiro atoms. The molecular formula is C24H27N3O. The number of aromatic nitrogens is 2. The Bertz CT molecular complexity index is 931. The van der Waals surface area contributed by atoms with Crippen LogP contribution < -0.4 is 10.1 Å². The van der Waals surface area contributed by atoms with Gasteiger partial charge in [-0.05, 0) is 31.4 Å². The van der Waals surface area contributed by atoms with E-state index in [0.29, 0.717) is 0 Å². The third-order valence-corrected chi connectivity index (χ3v) is 5.80. The molecule has 0 amide bonds. The molecule has 1 N–H and O–H groups in total. The van der Waals surface area contributed by atoms with Gasteiger partial charge in [0, 0.05) is 41.2 Å². The Morgan fingerprint density at radius 3 is 2.36 bits per heavy atom. The fraction of sp³-hybridized carbons (Fsp3) is 0.333. The van der Waals surface area contributed by atoms with Crippen molar-refractivity contribution in [3.05, 3.63) is 77.6 Å². The molecule has 3 aromatic rings. The van der Waals surface area contributed by atoms with E-state index in [9.17, 15) is 0 Å². The molecule has 1 aromatic heterocycles. The van der Waals surface area contributed by atoms with Gasteiger partial charge in [0.1, 0.15) is 5.75 Å². The van der Waals surface area contributed by atoms with Gasteiger partial charge in [0.05, 0.1) is 7.11 Å². The van der Waals surface area contributed by atoms with E-state index in [1.165, 1.54) is 24.0 Å². The molecule has 4 heteroatoms. The van der Waals surface area contributed by atoms with Crippen LogP contribution in [0.25, 0.3) is 11.4 Å². The van der Waals surface area contributed by atoms with E-state index in [4.69, 9.17) is 4.74 Å². The summed E-state index contributed by atoms with van der Waals surface area (Å²) in [5.74, 6) is 1.74. The monoisotopic (exact) mass is 373 g/mol. The summed E-state index contributed by atoms with van der Waals surface area (Å²) in [5, 5.41) is 3.81. The maximum atomic E-state index is 5.65. The number of hydrogen-bond acceptors (Lipinski definition) is 4. The summed E-state index contributed by atoms with van der Waals surface area (Å²) >= 11 is 0. The largest absolute Gasteiger partial charge is 0.496 e. The third-order valence-electron chi connectivity index (χ3n) is 5.80. The van der Waals surface area contributed by atoms with Crippen LogP contribution in [-0.2, 0) is 12.1 Å². The average Bonchev–Trinajstić information content (AvgIpc) is 3.23. The van der Waals surface area contributed by atoms with Crippen LogP contribution >= 0.6 is 0 Å². The summed E-state index contributed by atoms with van der Waals surface area (Å²) in [6.45, 7) is 2.83. The molecule has 2 aromatic carbocycles. The van der Waals surface area contributed by atoms with Crippen molar-refractivity contribution in [2.24, 2.45) is 0 Å². The van der Waals surface area contributed by atoms with E-state index in [-0.39, 0.29) is 5.54 Å². The van der Waals surface area contributed by atoms with Crippen molar-refractivity contribution in [1.29, 1.82) is 0 Å². The number of nitrogens with one attached hydrogen (secondary N) is 1. The summed E-state index contributed by atoms with van der Waals surface area (Å²) in [4.78, 5) is 9.22. The van der Waals surface area contributed by atoms with Gasteiger partial charge >= 0.3 is 0 Å². The Morgan fingerprint density at radius 2 is 1.64 bits per heavy atom. The average molecular weight is 374 g/mol. The second kappa shape index (κ2) is 8.11. The standard InChI is InChI=1S/C24H27N3O/c1-18-9-3-4-10-20(18)23-25-15-19(16-26-23)17-27-24(13-7-8-14-24)21-11-5-6-12-22(21)28-2/h3-6,9-12,15-16,27H,7-8,13-14,17H2,1-2H3. The number of aryl methyl sites for hydroxylation is 1. The number of para-hydroxylation sites is 1. The first-order valence-electron chi connectivity index (χ1n) is 9.97. The Kier molecular flexibility index (Phi) is 5.40. The molecule has 0 unspecified atom stereocenters. The van der Waals surface area contributed by atoms with Crippen molar-refractivity contribution in [3.63, 3.8) is 0 Å². The van der Waals surface area contributed by atoms with Crippen molar-refractivity contribution >= 4 is 0 Å². The highest BCUT2D eigenvalue weighted by Crippen LogP contribution is 2.42. The van der Waals surface area contributed by atoms with E-state index in [1.807, 2.05) is 30.6 Å². The molecule has 0 saturated heterocycles. The molecular weight excluding hydrogens is 346 g/mol. The van der Waals surface area contributed by atoms with Gasteiger partial charge < -0.3 is 10.1 Å². The maximum Gasteiger partial charge on any atom is 0.159 e. The molecule has 28 heavy (non-hydrogen) atoms. The Balaban J connectivity index is 1.53. The molecule has 1 heterocycles. The Hall–Kier alpha value is -2.72. The van der Waals surface area contributed by atoms with Crippen LogP contribution in [0.15, 0.2) is 60.9 Å². The van der Waals surface area contributed by atoms with Crippen molar-refractivity contribution in [2.75, 3.05) is 7.11 Å². The topological polar surface area (TPSA) is 47.0 Å². The highest BCUT2D eigenvalue weighted by atomic mass is 16.5. The molecule has 144 valence electrons. The van der Waals surface area contributed by atoms with E-state index in [1.54, 1.807) is 7.11 Å². The van der Waals surface area contributed by atoms with E-state index in [0.717, 1.165) is 42.1 Å². The SMILES string of the molecule is COc1ccccc1C1(NCc2cnc(-c3ccccc3C)nc2)CCCC1. The lowest BCUT2D eigenvalue weighted by atomic mass is 9.87. The van der Waals surface area contributed by atoms with Gasteiger partial charge in [0.25, 0.3) is 0 Å². The summed E-state index contributed by atoms with van der Waals surface area (Å²) < 4.78 is 5.65. The van der Waals surface area contributed by atoms with Crippen LogP contribution in [-0.4, -0.2) is 17.1 Å². The fourth-order valence-corrected chi connectivity index (χ4v) is 4.24. The van der Waals surface area contributed by atoms with Crippen LogP contribution in [0.2, 0.25) is 0 Å². The molecule has 0 aliphatic heterocycles. The first kappa shape index (κ1) is 18.6. The molecule has 4 rings (SSSR count). The van der Waals surface area contributed by atoms with Crippen LogP contribution in [0.4, 0.5) is 0 Å². The van der Waals surface area contributed by atoms with Gasteiger partial charge in [-0.3, -0.25) is 0 Å². The first-order valence-corrected chi connectivity index (χ1v) is 9.97. The first-order chi connectivity index (χ1) is 13.7. The molecule has 0 bridgehead atoms. The van der Waals surface area contributed by atoms with Crippen LogP contribution in [0.3, 0.4) is 0 Å². The van der Waals surface area contributed by atoms with Gasteiger partial charge in [0.2, 0.25) is 0 Å². The molecule has 1 saturated carbocycles. The molecule has 1 fully saturated rings. The second-order valence-corrected chi connectivity index (χ2v) is 7.57. The smallest absolute Gasteiger partial charge is 0.159 e. The fourth-order valence-electron chi connectivity index (χ4n) is 4.24. The quantitative estimate of drug-likeness (QED) is 0.659. The number of methoxy groups -OCH3 is 1. The zero-order chi connectivity index (χ0) is 19.4. The van der Waals surface area contributed by atoms with Gasteiger partial charge in [-0.2, -0.15) is 0 Å². The lowest BCUT2D eigenvalue weighted by Gasteiger charge is -2.32. The van der Waals surface area contributed by atoms with E-state index >= 15 is 0 Å². The van der Waals surface area contributed by atoms with Crippen molar-refractivity contribution < 1.29 is 4.74 Å². The Labute approximate surface area is 167 Å². The highest BCUT2D eigenvalue weighted by molar-refractivity contribution is 5.59.